The second kappa shape index (κ2) is 11.6. The number of nitrogens with two attached hydrogens (primary N) is 1. The number of carbonyl (C=O) groups excluding carboxylic acids is 3. The number of carbonyl (C=O) groups is 3. The molecule has 1 unspecified atom stereocenters. The van der Waals surface area contributed by atoms with Crippen LogP contribution in [0.2, 0.25) is 0 Å². The highest BCUT2D eigenvalue weighted by molar-refractivity contribution is 5.98. The third kappa shape index (κ3) is 6.84. The first kappa shape index (κ1) is 22.9. The van der Waals surface area contributed by atoms with Crippen molar-refractivity contribution in [2.75, 3.05) is 33.3 Å². The number of piperidine rings is 1. The summed E-state index contributed by atoms with van der Waals surface area (Å²) < 4.78 is 5.07. The van der Waals surface area contributed by atoms with Gasteiger partial charge in [0.1, 0.15) is 5.75 Å². The zero-order chi connectivity index (χ0) is 18.9. The Balaban J connectivity index is 0.00000364. The van der Waals surface area contributed by atoms with Gasteiger partial charge in [0.15, 0.2) is 5.78 Å². The highest BCUT2D eigenvalue weighted by atomic mass is 35.5. The summed E-state index contributed by atoms with van der Waals surface area (Å²) in [6, 6.07) is 6.85. The van der Waals surface area contributed by atoms with Crippen molar-refractivity contribution >= 4 is 30.0 Å². The number of ketones is 1. The lowest BCUT2D eigenvalue weighted by Gasteiger charge is -2.32. The third-order valence-electron chi connectivity index (χ3n) is 4.57. The van der Waals surface area contributed by atoms with E-state index in [0.717, 1.165) is 12.8 Å². The van der Waals surface area contributed by atoms with Crippen LogP contribution >= 0.6 is 12.4 Å². The van der Waals surface area contributed by atoms with Crippen LogP contribution in [0.1, 0.15) is 36.0 Å². The molecule has 1 fully saturated rings. The molecule has 3 N–H and O–H groups in total. The lowest BCUT2D eigenvalue weighted by molar-refractivity contribution is -0.135. The molecule has 27 heavy (non-hydrogen) atoms. The predicted octanol–water partition coefficient (Wildman–Crippen LogP) is 1.39. The second-order valence-electron chi connectivity index (χ2n) is 6.41. The van der Waals surface area contributed by atoms with E-state index in [1.807, 2.05) is 0 Å². The Morgan fingerprint density at radius 1 is 1.22 bits per heavy atom. The average Bonchev–Trinajstić information content (AvgIpc) is 2.70. The van der Waals surface area contributed by atoms with E-state index in [1.165, 1.54) is 0 Å². The van der Waals surface area contributed by atoms with Crippen molar-refractivity contribution in [1.82, 2.24) is 10.2 Å². The average molecular weight is 398 g/mol. The first-order chi connectivity index (χ1) is 12.5. The number of likely N-dealkylation sites (tertiary alicyclic amines) is 1. The summed E-state index contributed by atoms with van der Waals surface area (Å²) in [6.45, 7) is 1.89. The minimum absolute atomic E-state index is 0. The van der Waals surface area contributed by atoms with E-state index in [2.05, 4.69) is 5.32 Å². The fourth-order valence-corrected chi connectivity index (χ4v) is 3.06. The quantitative estimate of drug-likeness (QED) is 0.645. The number of benzene rings is 1. The monoisotopic (exact) mass is 397 g/mol. The highest BCUT2D eigenvalue weighted by Crippen LogP contribution is 2.19. The lowest BCUT2D eigenvalue weighted by atomic mass is 9.96. The SMILES string of the molecule is COc1ccc(C(=O)CCC(=O)N2CCCC(C(=O)NCCN)C2)cc1.Cl. The Morgan fingerprint density at radius 3 is 2.56 bits per heavy atom. The smallest absolute Gasteiger partial charge is 0.224 e. The van der Waals surface area contributed by atoms with Gasteiger partial charge in [0.2, 0.25) is 11.8 Å². The first-order valence-electron chi connectivity index (χ1n) is 8.98. The molecule has 8 heteroatoms. The summed E-state index contributed by atoms with van der Waals surface area (Å²) in [6.07, 6.45) is 1.87. The van der Waals surface area contributed by atoms with E-state index in [-0.39, 0.29) is 48.8 Å². The molecule has 1 aromatic carbocycles. The maximum absolute atomic E-state index is 12.4. The number of amides is 2. The van der Waals surface area contributed by atoms with E-state index in [4.69, 9.17) is 10.5 Å². The second-order valence-corrected chi connectivity index (χ2v) is 6.41. The van der Waals surface area contributed by atoms with Crippen molar-refractivity contribution in [3.63, 3.8) is 0 Å². The van der Waals surface area contributed by atoms with Gasteiger partial charge in [-0.15, -0.1) is 12.4 Å². The Labute approximate surface area is 166 Å². The highest BCUT2D eigenvalue weighted by Gasteiger charge is 2.28. The van der Waals surface area contributed by atoms with Crippen LogP contribution in [-0.4, -0.2) is 55.8 Å². The number of hydrogen-bond acceptors (Lipinski definition) is 5. The van der Waals surface area contributed by atoms with Crippen LogP contribution in [0, 0.1) is 5.92 Å². The molecule has 0 saturated carbocycles. The topological polar surface area (TPSA) is 102 Å². The molecule has 1 saturated heterocycles. The molecule has 0 radical (unpaired) electrons. The fourth-order valence-electron chi connectivity index (χ4n) is 3.06. The molecule has 1 heterocycles. The molecular weight excluding hydrogens is 370 g/mol. The Hall–Kier alpha value is -2.12. The van der Waals surface area contributed by atoms with Crippen LogP contribution in [0.4, 0.5) is 0 Å². The molecule has 0 bridgehead atoms. The van der Waals surface area contributed by atoms with Gasteiger partial charge in [-0.05, 0) is 37.1 Å². The summed E-state index contributed by atoms with van der Waals surface area (Å²) in [5, 5.41) is 2.78. The van der Waals surface area contributed by atoms with E-state index >= 15 is 0 Å². The first-order valence-corrected chi connectivity index (χ1v) is 8.98. The molecule has 1 aliphatic rings. The van der Waals surface area contributed by atoms with Crippen molar-refractivity contribution in [3.8, 4) is 5.75 Å². The van der Waals surface area contributed by atoms with Crippen LogP contribution in [0.15, 0.2) is 24.3 Å². The number of Topliss-reactive ketones (excluding diaryl/α,β-unsaturated/α-hetero) is 1. The van der Waals surface area contributed by atoms with Crippen LogP contribution < -0.4 is 15.8 Å². The molecule has 2 rings (SSSR count). The number of hydrogen-bond donors (Lipinski definition) is 2. The van der Waals surface area contributed by atoms with Crippen LogP contribution in [0.5, 0.6) is 5.75 Å². The van der Waals surface area contributed by atoms with E-state index in [0.29, 0.717) is 37.5 Å². The normalized spacial score (nSPS) is 16.2. The Bertz CT molecular complexity index is 636. The number of ether oxygens (including phenoxy) is 1. The van der Waals surface area contributed by atoms with Crippen molar-refractivity contribution in [2.24, 2.45) is 11.7 Å². The van der Waals surface area contributed by atoms with Crippen molar-refractivity contribution in [2.45, 2.75) is 25.7 Å². The molecule has 2 amide bonds. The number of halogens is 1. The number of methoxy groups -OCH3 is 1. The van der Waals surface area contributed by atoms with Gasteiger partial charge in [0.25, 0.3) is 0 Å². The molecule has 1 aromatic rings. The summed E-state index contributed by atoms with van der Waals surface area (Å²) in [5.41, 5.74) is 5.96. The van der Waals surface area contributed by atoms with Crippen LogP contribution in [0.3, 0.4) is 0 Å². The van der Waals surface area contributed by atoms with E-state index in [9.17, 15) is 14.4 Å². The van der Waals surface area contributed by atoms with Crippen molar-refractivity contribution in [1.29, 1.82) is 0 Å². The summed E-state index contributed by atoms with van der Waals surface area (Å²) >= 11 is 0. The maximum atomic E-state index is 12.4. The predicted molar refractivity (Wildman–Crippen MR) is 105 cm³/mol. The third-order valence-corrected chi connectivity index (χ3v) is 4.57. The van der Waals surface area contributed by atoms with Crippen LogP contribution in [-0.2, 0) is 9.59 Å². The summed E-state index contributed by atoms with van der Waals surface area (Å²) in [5.74, 6) is 0.280. The van der Waals surface area contributed by atoms with Gasteiger partial charge < -0.3 is 20.7 Å². The van der Waals surface area contributed by atoms with Crippen LogP contribution in [0.25, 0.3) is 0 Å². The lowest BCUT2D eigenvalue weighted by Crippen LogP contribution is -2.46. The molecule has 150 valence electrons. The fraction of sp³-hybridized carbons (Fsp3) is 0.526. The van der Waals surface area contributed by atoms with Crippen molar-refractivity contribution in [3.05, 3.63) is 29.8 Å². The Morgan fingerprint density at radius 2 is 1.93 bits per heavy atom. The Kier molecular flexibility index (Phi) is 9.82. The van der Waals surface area contributed by atoms with E-state index < -0.39 is 0 Å². The molecule has 1 atom stereocenters. The summed E-state index contributed by atoms with van der Waals surface area (Å²) in [4.78, 5) is 38.4. The minimum atomic E-state index is -0.198. The standard InChI is InChI=1S/C19H27N3O4.ClH/c1-26-16-6-4-14(5-7-16)17(23)8-9-18(24)22-12-2-3-15(13-22)19(25)21-11-10-20;/h4-7,15H,2-3,8-13,20H2,1H3,(H,21,25);1H. The summed E-state index contributed by atoms with van der Waals surface area (Å²) in [7, 11) is 1.57. The van der Waals surface area contributed by atoms with Gasteiger partial charge >= 0.3 is 0 Å². The van der Waals surface area contributed by atoms with Crippen molar-refractivity contribution < 1.29 is 19.1 Å². The molecule has 7 nitrogen and oxygen atoms in total. The van der Waals surface area contributed by atoms with Gasteiger partial charge in [-0.2, -0.15) is 0 Å². The van der Waals surface area contributed by atoms with Gasteiger partial charge in [-0.1, -0.05) is 0 Å². The molecule has 0 aromatic heterocycles. The minimum Gasteiger partial charge on any atom is -0.497 e. The molecule has 0 aliphatic carbocycles. The van der Waals surface area contributed by atoms with Gasteiger partial charge in [-0.25, -0.2) is 0 Å². The number of nitrogens with zero attached hydrogens (tertiary/aromatic N) is 1. The number of rotatable bonds is 8. The van der Waals surface area contributed by atoms with E-state index in [1.54, 1.807) is 36.3 Å². The van der Waals surface area contributed by atoms with Gasteiger partial charge in [-0.3, -0.25) is 14.4 Å². The zero-order valence-corrected chi connectivity index (χ0v) is 16.4. The van der Waals surface area contributed by atoms with Gasteiger partial charge in [0.05, 0.1) is 13.0 Å². The zero-order valence-electron chi connectivity index (χ0n) is 15.6. The largest absolute Gasteiger partial charge is 0.497 e. The molecular formula is C19H28ClN3O4. The van der Waals surface area contributed by atoms with Gasteiger partial charge in [0, 0.05) is 44.6 Å². The molecule has 0 spiro atoms. The maximum Gasteiger partial charge on any atom is 0.224 e. The molecule has 1 aliphatic heterocycles. The number of nitrogens with one attached hydrogen (secondary N) is 1.